The molecule has 0 amide bonds. The molecule has 86 valence electrons. The van der Waals surface area contributed by atoms with Gasteiger partial charge >= 0.3 is 0 Å². The second kappa shape index (κ2) is 5.45. The SMILES string of the molecule is CC(N)N1CCN(C(C)C)[C@H](CC#N)C1. The largest absolute Gasteiger partial charge is 0.316 e. The highest BCUT2D eigenvalue weighted by molar-refractivity contribution is 4.90. The van der Waals surface area contributed by atoms with Gasteiger partial charge in [0.05, 0.1) is 18.7 Å². The van der Waals surface area contributed by atoms with Gasteiger partial charge in [0.2, 0.25) is 0 Å². The molecular weight excluding hydrogens is 188 g/mol. The lowest BCUT2D eigenvalue weighted by Crippen LogP contribution is -2.58. The van der Waals surface area contributed by atoms with Crippen LogP contribution in [0.3, 0.4) is 0 Å². The van der Waals surface area contributed by atoms with E-state index in [1.165, 1.54) is 0 Å². The number of piperazine rings is 1. The monoisotopic (exact) mass is 210 g/mol. The molecule has 4 nitrogen and oxygen atoms in total. The molecule has 2 atom stereocenters. The summed E-state index contributed by atoms with van der Waals surface area (Å²) in [5, 5.41) is 8.82. The molecule has 0 saturated carbocycles. The number of nitrogens with two attached hydrogens (primary N) is 1. The van der Waals surface area contributed by atoms with Gasteiger partial charge in [0, 0.05) is 31.7 Å². The van der Waals surface area contributed by atoms with E-state index < -0.39 is 0 Å². The van der Waals surface area contributed by atoms with Crippen molar-refractivity contribution < 1.29 is 0 Å². The van der Waals surface area contributed by atoms with E-state index in [-0.39, 0.29) is 6.17 Å². The third-order valence-corrected chi connectivity index (χ3v) is 3.13. The van der Waals surface area contributed by atoms with Crippen molar-refractivity contribution in [1.29, 1.82) is 5.26 Å². The molecule has 0 aromatic heterocycles. The van der Waals surface area contributed by atoms with Crippen LogP contribution in [0.4, 0.5) is 0 Å². The van der Waals surface area contributed by atoms with Crippen LogP contribution in [0.5, 0.6) is 0 Å². The van der Waals surface area contributed by atoms with Gasteiger partial charge in [-0.2, -0.15) is 5.26 Å². The smallest absolute Gasteiger partial charge is 0.0638 e. The molecule has 0 aromatic carbocycles. The van der Waals surface area contributed by atoms with Gasteiger partial charge in [0.25, 0.3) is 0 Å². The Balaban J connectivity index is 2.61. The maximum absolute atomic E-state index is 8.82. The fraction of sp³-hybridized carbons (Fsp3) is 0.909. The lowest BCUT2D eigenvalue weighted by atomic mass is 10.1. The summed E-state index contributed by atoms with van der Waals surface area (Å²) in [6.45, 7) is 9.33. The van der Waals surface area contributed by atoms with Crippen LogP contribution in [-0.4, -0.2) is 47.7 Å². The standard InChI is InChI=1S/C11H22N4/c1-9(2)15-7-6-14(10(3)13)8-11(15)4-5-12/h9-11H,4,6-8,13H2,1-3H3/t10?,11-/m1/s1. The molecule has 1 rings (SSSR count). The molecule has 0 spiro atoms. The Bertz CT molecular complexity index is 231. The molecular formula is C11H22N4. The van der Waals surface area contributed by atoms with Crippen molar-refractivity contribution in [3.63, 3.8) is 0 Å². The van der Waals surface area contributed by atoms with Crippen LogP contribution >= 0.6 is 0 Å². The highest BCUT2D eigenvalue weighted by Crippen LogP contribution is 2.16. The molecule has 0 aliphatic carbocycles. The van der Waals surface area contributed by atoms with Crippen LogP contribution in [0.25, 0.3) is 0 Å². The molecule has 2 N–H and O–H groups in total. The van der Waals surface area contributed by atoms with E-state index in [2.05, 4.69) is 29.7 Å². The first-order valence-electron chi connectivity index (χ1n) is 5.68. The van der Waals surface area contributed by atoms with Crippen molar-refractivity contribution in [3.05, 3.63) is 0 Å². The maximum Gasteiger partial charge on any atom is 0.0638 e. The fourth-order valence-corrected chi connectivity index (χ4v) is 2.23. The van der Waals surface area contributed by atoms with Crippen molar-refractivity contribution in [3.8, 4) is 6.07 Å². The normalized spacial score (nSPS) is 26.5. The second-order valence-electron chi connectivity index (χ2n) is 4.58. The Morgan fingerprint density at radius 1 is 1.40 bits per heavy atom. The zero-order valence-electron chi connectivity index (χ0n) is 9.98. The van der Waals surface area contributed by atoms with E-state index in [0.29, 0.717) is 18.5 Å². The number of hydrogen-bond acceptors (Lipinski definition) is 4. The number of rotatable bonds is 3. The Morgan fingerprint density at radius 2 is 2.07 bits per heavy atom. The minimum Gasteiger partial charge on any atom is -0.316 e. The fourth-order valence-electron chi connectivity index (χ4n) is 2.23. The molecule has 0 bridgehead atoms. The molecule has 1 fully saturated rings. The first-order valence-corrected chi connectivity index (χ1v) is 5.68. The molecule has 4 heteroatoms. The maximum atomic E-state index is 8.82. The van der Waals surface area contributed by atoms with E-state index >= 15 is 0 Å². The van der Waals surface area contributed by atoms with Crippen LogP contribution in [0.1, 0.15) is 27.2 Å². The molecule has 15 heavy (non-hydrogen) atoms. The van der Waals surface area contributed by atoms with Crippen LogP contribution in [0.2, 0.25) is 0 Å². The zero-order chi connectivity index (χ0) is 11.4. The van der Waals surface area contributed by atoms with Gasteiger partial charge in [-0.25, -0.2) is 0 Å². The van der Waals surface area contributed by atoms with Gasteiger partial charge < -0.3 is 5.73 Å². The summed E-state index contributed by atoms with van der Waals surface area (Å²) >= 11 is 0. The summed E-state index contributed by atoms with van der Waals surface area (Å²) in [5.74, 6) is 0. The number of hydrogen-bond donors (Lipinski definition) is 1. The van der Waals surface area contributed by atoms with E-state index in [4.69, 9.17) is 11.0 Å². The van der Waals surface area contributed by atoms with E-state index in [1.54, 1.807) is 0 Å². The first kappa shape index (κ1) is 12.4. The molecule has 1 saturated heterocycles. The summed E-state index contributed by atoms with van der Waals surface area (Å²) in [5.41, 5.74) is 5.87. The highest BCUT2D eigenvalue weighted by atomic mass is 15.3. The Kier molecular flexibility index (Phi) is 4.52. The minimum absolute atomic E-state index is 0.0977. The number of nitriles is 1. The highest BCUT2D eigenvalue weighted by Gasteiger charge is 2.29. The molecule has 1 aliphatic heterocycles. The van der Waals surface area contributed by atoms with Crippen molar-refractivity contribution in [2.24, 2.45) is 5.73 Å². The molecule has 0 radical (unpaired) electrons. The summed E-state index contributed by atoms with van der Waals surface area (Å²) < 4.78 is 0. The summed E-state index contributed by atoms with van der Waals surface area (Å²) in [6.07, 6.45) is 0.696. The zero-order valence-corrected chi connectivity index (χ0v) is 9.98. The van der Waals surface area contributed by atoms with Crippen molar-refractivity contribution >= 4 is 0 Å². The van der Waals surface area contributed by atoms with Gasteiger partial charge in [-0.3, -0.25) is 9.80 Å². The summed E-state index contributed by atoms with van der Waals surface area (Å²) in [4.78, 5) is 4.66. The Hall–Kier alpha value is -0.630. The van der Waals surface area contributed by atoms with Crippen LogP contribution in [0, 0.1) is 11.3 Å². The van der Waals surface area contributed by atoms with Gasteiger partial charge in [0.15, 0.2) is 0 Å². The van der Waals surface area contributed by atoms with Gasteiger partial charge in [-0.05, 0) is 20.8 Å². The summed E-state index contributed by atoms with van der Waals surface area (Å²) in [7, 11) is 0. The van der Waals surface area contributed by atoms with Gasteiger partial charge in [-0.15, -0.1) is 0 Å². The lowest BCUT2D eigenvalue weighted by Gasteiger charge is -2.44. The van der Waals surface area contributed by atoms with Gasteiger partial charge in [0.1, 0.15) is 0 Å². The van der Waals surface area contributed by atoms with Crippen molar-refractivity contribution in [1.82, 2.24) is 9.80 Å². The predicted molar refractivity (Wildman–Crippen MR) is 61.1 cm³/mol. The van der Waals surface area contributed by atoms with Crippen LogP contribution in [0.15, 0.2) is 0 Å². The quantitative estimate of drug-likeness (QED) is 0.741. The second-order valence-corrected chi connectivity index (χ2v) is 4.58. The van der Waals surface area contributed by atoms with E-state index in [9.17, 15) is 0 Å². The summed E-state index contributed by atoms with van der Waals surface area (Å²) in [6, 6.07) is 3.13. The topological polar surface area (TPSA) is 56.3 Å². The van der Waals surface area contributed by atoms with Crippen molar-refractivity contribution in [2.75, 3.05) is 19.6 Å². The minimum atomic E-state index is 0.0977. The molecule has 1 aliphatic rings. The third kappa shape index (κ3) is 3.16. The van der Waals surface area contributed by atoms with Crippen LogP contribution < -0.4 is 5.73 Å². The van der Waals surface area contributed by atoms with E-state index in [1.807, 2.05) is 6.92 Å². The average Bonchev–Trinajstić information content (AvgIpc) is 2.17. The lowest BCUT2D eigenvalue weighted by molar-refractivity contribution is 0.0360. The third-order valence-electron chi connectivity index (χ3n) is 3.13. The average molecular weight is 210 g/mol. The van der Waals surface area contributed by atoms with Crippen molar-refractivity contribution in [2.45, 2.75) is 45.4 Å². The number of nitrogens with zero attached hydrogens (tertiary/aromatic N) is 3. The molecule has 1 heterocycles. The van der Waals surface area contributed by atoms with E-state index in [0.717, 1.165) is 19.6 Å². The molecule has 0 aromatic rings. The first-order chi connectivity index (χ1) is 7.06. The Labute approximate surface area is 92.6 Å². The molecule has 1 unspecified atom stereocenters. The van der Waals surface area contributed by atoms with Gasteiger partial charge in [-0.1, -0.05) is 0 Å². The Morgan fingerprint density at radius 3 is 2.53 bits per heavy atom. The predicted octanol–water partition coefficient (Wildman–Crippen LogP) is 0.599. The van der Waals surface area contributed by atoms with Crippen LogP contribution in [-0.2, 0) is 0 Å².